The van der Waals surface area contributed by atoms with Gasteiger partial charge in [-0.25, -0.2) is 0 Å². The Bertz CT molecular complexity index is 517. The minimum absolute atomic E-state index is 0.211. The maximum atomic E-state index is 12.5. The molecule has 0 atom stereocenters. The van der Waals surface area contributed by atoms with Crippen LogP contribution in [0.2, 0.25) is 0 Å². The summed E-state index contributed by atoms with van der Waals surface area (Å²) in [5, 5.41) is 10.1. The van der Waals surface area contributed by atoms with Gasteiger partial charge in [0.05, 0.1) is 10.5 Å². The largest absolute Gasteiger partial charge is 0.422 e. The number of rotatable bonds is 2. The molecule has 0 aliphatic carbocycles. The first kappa shape index (κ1) is 15.0. The summed E-state index contributed by atoms with van der Waals surface area (Å²) in [7, 11) is 0. The summed E-state index contributed by atoms with van der Waals surface area (Å²) in [6.07, 6.45) is -10.3. The molecule has 0 aliphatic rings. The molecule has 0 fully saturated rings. The Morgan fingerprint density at radius 2 is 1.74 bits per heavy atom. The molecular weight excluding hydrogens is 280 g/mol. The highest BCUT2D eigenvalue weighted by molar-refractivity contribution is 5.69. The van der Waals surface area contributed by atoms with Crippen LogP contribution in [-0.2, 0) is 6.18 Å². The van der Waals surface area contributed by atoms with Crippen LogP contribution in [0.1, 0.15) is 11.1 Å². The van der Waals surface area contributed by atoms with E-state index in [4.69, 9.17) is 0 Å². The number of benzene rings is 1. The van der Waals surface area contributed by atoms with Crippen molar-refractivity contribution in [3.8, 4) is 0 Å². The van der Waals surface area contributed by atoms with Crippen LogP contribution in [0.25, 0.3) is 5.57 Å². The Hall–Kier alpha value is -2.06. The first-order valence-corrected chi connectivity index (χ1v) is 4.62. The second-order valence-corrected chi connectivity index (χ2v) is 3.40. The molecule has 1 aromatic carbocycles. The quantitative estimate of drug-likeness (QED) is 0.470. The molecular formula is C10H5F6NO2. The molecule has 0 aliphatic heterocycles. The van der Waals surface area contributed by atoms with Crippen LogP contribution in [-0.4, -0.2) is 11.1 Å². The number of nitro groups is 1. The Labute approximate surface area is 102 Å². The van der Waals surface area contributed by atoms with E-state index in [1.54, 1.807) is 0 Å². The second kappa shape index (κ2) is 4.90. The lowest BCUT2D eigenvalue weighted by atomic mass is 10.0. The molecule has 0 saturated carbocycles. The normalized spacial score (nSPS) is 13.5. The number of nitrogens with zero attached hydrogens (tertiary/aromatic N) is 1. The Morgan fingerprint density at radius 1 is 1.16 bits per heavy atom. The Balaban J connectivity index is 3.37. The molecule has 1 rings (SSSR count). The molecule has 0 aromatic heterocycles. The molecule has 3 nitrogen and oxygen atoms in total. The highest BCUT2D eigenvalue weighted by Crippen LogP contribution is 2.36. The van der Waals surface area contributed by atoms with Crippen LogP contribution in [0.5, 0.6) is 0 Å². The first-order valence-electron chi connectivity index (χ1n) is 4.62. The average molecular weight is 285 g/mol. The zero-order valence-corrected chi connectivity index (χ0v) is 8.92. The molecule has 0 spiro atoms. The van der Waals surface area contributed by atoms with Crippen LogP contribution < -0.4 is 0 Å². The van der Waals surface area contributed by atoms with E-state index in [1.165, 1.54) is 0 Å². The van der Waals surface area contributed by atoms with Gasteiger partial charge >= 0.3 is 12.4 Å². The third-order valence-corrected chi connectivity index (χ3v) is 2.04. The van der Waals surface area contributed by atoms with Crippen LogP contribution in [0, 0.1) is 10.1 Å². The van der Waals surface area contributed by atoms with Gasteiger partial charge in [0.15, 0.2) is 0 Å². The van der Waals surface area contributed by atoms with Crippen LogP contribution in [0.15, 0.2) is 30.5 Å². The van der Waals surface area contributed by atoms with Gasteiger partial charge in [0.25, 0.3) is 0 Å². The summed E-state index contributed by atoms with van der Waals surface area (Å²) in [5.74, 6) is 0. The molecule has 104 valence electrons. The van der Waals surface area contributed by atoms with E-state index in [0.717, 1.165) is 12.1 Å². The highest BCUT2D eigenvalue weighted by atomic mass is 19.4. The zero-order valence-electron chi connectivity index (χ0n) is 8.92. The Morgan fingerprint density at radius 3 is 2.16 bits per heavy atom. The lowest BCUT2D eigenvalue weighted by Gasteiger charge is -2.12. The van der Waals surface area contributed by atoms with E-state index in [-0.39, 0.29) is 12.3 Å². The molecule has 0 radical (unpaired) electrons. The summed E-state index contributed by atoms with van der Waals surface area (Å²) in [6.45, 7) is 0. The maximum absolute atomic E-state index is 12.5. The summed E-state index contributed by atoms with van der Waals surface area (Å²) in [5.41, 5.74) is -3.98. The average Bonchev–Trinajstić information content (AvgIpc) is 2.23. The van der Waals surface area contributed by atoms with E-state index in [0.29, 0.717) is 6.07 Å². The standard InChI is InChI=1S/C10H5F6NO2/c11-9(12,13)7-3-1-2-6(4-7)8(5-17(18)19)10(14,15)16/h1-5H. The fraction of sp³-hybridized carbons (Fsp3) is 0.200. The Kier molecular flexibility index (Phi) is 3.87. The molecule has 19 heavy (non-hydrogen) atoms. The lowest BCUT2D eigenvalue weighted by Crippen LogP contribution is -2.13. The second-order valence-electron chi connectivity index (χ2n) is 3.40. The van der Waals surface area contributed by atoms with Crippen molar-refractivity contribution in [2.24, 2.45) is 0 Å². The minimum Gasteiger partial charge on any atom is -0.259 e. The molecule has 0 amide bonds. The van der Waals surface area contributed by atoms with E-state index >= 15 is 0 Å². The van der Waals surface area contributed by atoms with Crippen molar-refractivity contribution in [3.63, 3.8) is 0 Å². The predicted octanol–water partition coefficient (Wildman–Crippen LogP) is 3.89. The highest BCUT2D eigenvalue weighted by Gasteiger charge is 2.39. The van der Waals surface area contributed by atoms with Gasteiger partial charge in [-0.05, 0) is 17.7 Å². The fourth-order valence-corrected chi connectivity index (χ4v) is 1.28. The van der Waals surface area contributed by atoms with Crippen molar-refractivity contribution in [2.75, 3.05) is 0 Å². The monoisotopic (exact) mass is 285 g/mol. The molecule has 0 bridgehead atoms. The van der Waals surface area contributed by atoms with Gasteiger partial charge in [-0.1, -0.05) is 12.1 Å². The first-order chi connectivity index (χ1) is 8.51. The zero-order chi connectivity index (χ0) is 14.8. The van der Waals surface area contributed by atoms with E-state index in [1.807, 2.05) is 0 Å². The molecule has 0 N–H and O–H groups in total. The molecule has 0 heterocycles. The van der Waals surface area contributed by atoms with E-state index < -0.39 is 34.0 Å². The van der Waals surface area contributed by atoms with Crippen LogP contribution in [0.3, 0.4) is 0 Å². The van der Waals surface area contributed by atoms with Gasteiger partial charge in [-0.3, -0.25) is 10.1 Å². The third-order valence-electron chi connectivity index (χ3n) is 2.04. The molecule has 0 saturated heterocycles. The van der Waals surface area contributed by atoms with Gasteiger partial charge < -0.3 is 0 Å². The fourth-order valence-electron chi connectivity index (χ4n) is 1.28. The summed E-state index contributed by atoms with van der Waals surface area (Å²) in [6, 6.07) is 2.25. The van der Waals surface area contributed by atoms with Crippen LogP contribution >= 0.6 is 0 Å². The molecule has 1 aromatic rings. The SMILES string of the molecule is O=[N+]([O-])C=C(c1cccc(C(F)(F)F)c1)C(F)(F)F. The van der Waals surface area contributed by atoms with Gasteiger partial charge in [0.2, 0.25) is 6.20 Å². The van der Waals surface area contributed by atoms with Crippen molar-refractivity contribution in [1.82, 2.24) is 0 Å². The topological polar surface area (TPSA) is 43.1 Å². The number of allylic oxidation sites excluding steroid dienone is 1. The minimum atomic E-state index is -5.13. The number of hydrogen-bond donors (Lipinski definition) is 0. The van der Waals surface area contributed by atoms with E-state index in [2.05, 4.69) is 0 Å². The number of halogens is 6. The summed E-state index contributed by atoms with van der Waals surface area (Å²) >= 11 is 0. The summed E-state index contributed by atoms with van der Waals surface area (Å²) < 4.78 is 74.7. The predicted molar refractivity (Wildman–Crippen MR) is 52.5 cm³/mol. The summed E-state index contributed by atoms with van der Waals surface area (Å²) in [4.78, 5) is 8.75. The van der Waals surface area contributed by atoms with Crippen molar-refractivity contribution >= 4 is 5.57 Å². The van der Waals surface area contributed by atoms with Crippen molar-refractivity contribution in [1.29, 1.82) is 0 Å². The van der Waals surface area contributed by atoms with Crippen molar-refractivity contribution in [3.05, 3.63) is 51.7 Å². The van der Waals surface area contributed by atoms with Gasteiger partial charge in [-0.2, -0.15) is 26.3 Å². The van der Waals surface area contributed by atoms with Crippen molar-refractivity contribution in [2.45, 2.75) is 12.4 Å². The smallest absolute Gasteiger partial charge is 0.259 e. The van der Waals surface area contributed by atoms with Gasteiger partial charge in [-0.15, -0.1) is 0 Å². The van der Waals surface area contributed by atoms with Crippen LogP contribution in [0.4, 0.5) is 26.3 Å². The van der Waals surface area contributed by atoms with Gasteiger partial charge in [0, 0.05) is 0 Å². The van der Waals surface area contributed by atoms with Gasteiger partial charge in [0.1, 0.15) is 5.57 Å². The molecule has 0 unspecified atom stereocenters. The number of alkyl halides is 6. The lowest BCUT2D eigenvalue weighted by molar-refractivity contribution is -0.402. The number of hydrogen-bond acceptors (Lipinski definition) is 2. The third kappa shape index (κ3) is 3.97. The maximum Gasteiger partial charge on any atom is 0.422 e. The molecule has 9 heteroatoms. The van der Waals surface area contributed by atoms with Crippen molar-refractivity contribution < 1.29 is 31.3 Å². The van der Waals surface area contributed by atoms with E-state index in [9.17, 15) is 36.5 Å².